The number of methoxy groups -OCH3 is 1. The van der Waals surface area contributed by atoms with Gasteiger partial charge < -0.3 is 4.74 Å². The molecule has 0 aliphatic carbocycles. The quantitative estimate of drug-likeness (QED) is 0.692. The summed E-state index contributed by atoms with van der Waals surface area (Å²) in [7, 11) is 5.29. The van der Waals surface area contributed by atoms with Crippen molar-refractivity contribution in [1.82, 2.24) is 0 Å². The second kappa shape index (κ2) is 4.32. The SMILES string of the molecule is COc1cccc([Si])c1-c1ccccc1. The molecule has 0 aromatic heterocycles. The maximum Gasteiger partial charge on any atom is 0.126 e. The molecular formula is C13H11OSi. The van der Waals surface area contributed by atoms with Crippen LogP contribution in [0.5, 0.6) is 5.75 Å². The van der Waals surface area contributed by atoms with Gasteiger partial charge in [-0.25, -0.2) is 0 Å². The molecule has 2 heteroatoms. The van der Waals surface area contributed by atoms with E-state index in [0.717, 1.165) is 22.1 Å². The number of benzene rings is 2. The summed E-state index contributed by atoms with van der Waals surface area (Å²) < 4.78 is 5.35. The maximum atomic E-state index is 5.35. The van der Waals surface area contributed by atoms with Gasteiger partial charge in [-0.1, -0.05) is 47.7 Å². The van der Waals surface area contributed by atoms with Crippen molar-refractivity contribution in [1.29, 1.82) is 0 Å². The fraction of sp³-hybridized carbons (Fsp3) is 0.0769. The minimum Gasteiger partial charge on any atom is -0.496 e. The minimum absolute atomic E-state index is 0.883. The van der Waals surface area contributed by atoms with Crippen LogP contribution < -0.4 is 9.92 Å². The van der Waals surface area contributed by atoms with Gasteiger partial charge in [0.05, 0.1) is 17.4 Å². The summed E-state index contributed by atoms with van der Waals surface area (Å²) in [6.45, 7) is 0. The van der Waals surface area contributed by atoms with Crippen molar-refractivity contribution < 1.29 is 4.74 Å². The fourth-order valence-electron chi connectivity index (χ4n) is 1.60. The van der Waals surface area contributed by atoms with Crippen molar-refractivity contribution in [2.24, 2.45) is 0 Å². The molecule has 0 saturated heterocycles. The molecule has 0 spiro atoms. The zero-order valence-corrected chi connectivity index (χ0v) is 9.53. The van der Waals surface area contributed by atoms with E-state index in [-0.39, 0.29) is 0 Å². The van der Waals surface area contributed by atoms with Crippen molar-refractivity contribution in [3.8, 4) is 16.9 Å². The van der Waals surface area contributed by atoms with Gasteiger partial charge in [0.15, 0.2) is 0 Å². The highest BCUT2D eigenvalue weighted by Crippen LogP contribution is 2.26. The fourth-order valence-corrected chi connectivity index (χ4v) is 1.97. The summed E-state index contributed by atoms with van der Waals surface area (Å²) in [4.78, 5) is 0. The molecule has 73 valence electrons. The first-order chi connectivity index (χ1) is 7.33. The summed E-state index contributed by atoms with van der Waals surface area (Å²) >= 11 is 0. The molecule has 0 fully saturated rings. The smallest absolute Gasteiger partial charge is 0.126 e. The Balaban J connectivity index is 2.61. The summed E-state index contributed by atoms with van der Waals surface area (Å²) in [5, 5.41) is 1.04. The first-order valence-corrected chi connectivity index (χ1v) is 5.27. The maximum absolute atomic E-state index is 5.35. The average Bonchev–Trinajstić information content (AvgIpc) is 2.29. The molecule has 2 aromatic carbocycles. The number of hydrogen-bond donors (Lipinski definition) is 0. The van der Waals surface area contributed by atoms with Crippen LogP contribution in [-0.2, 0) is 0 Å². The van der Waals surface area contributed by atoms with E-state index < -0.39 is 0 Å². The van der Waals surface area contributed by atoms with E-state index in [4.69, 9.17) is 4.74 Å². The Hall–Kier alpha value is -1.54. The highest BCUT2D eigenvalue weighted by Gasteiger charge is 2.07. The molecular weight excluding hydrogens is 200 g/mol. The van der Waals surface area contributed by atoms with Crippen LogP contribution in [0.1, 0.15) is 0 Å². The predicted octanol–water partition coefficient (Wildman–Crippen LogP) is 2.16. The van der Waals surface area contributed by atoms with E-state index in [1.165, 1.54) is 0 Å². The third kappa shape index (κ3) is 1.95. The monoisotopic (exact) mass is 211 g/mol. The Morgan fingerprint density at radius 3 is 2.33 bits per heavy atom. The van der Waals surface area contributed by atoms with Crippen LogP contribution in [0.4, 0.5) is 0 Å². The molecule has 0 bridgehead atoms. The molecule has 0 aliphatic heterocycles. The molecule has 0 N–H and O–H groups in total. The zero-order chi connectivity index (χ0) is 10.7. The molecule has 3 radical (unpaired) electrons. The molecule has 0 aliphatic rings. The van der Waals surface area contributed by atoms with E-state index in [1.54, 1.807) is 7.11 Å². The van der Waals surface area contributed by atoms with Gasteiger partial charge in [-0.3, -0.25) is 0 Å². The van der Waals surface area contributed by atoms with Crippen molar-refractivity contribution >= 4 is 15.4 Å². The Kier molecular flexibility index (Phi) is 2.88. The van der Waals surface area contributed by atoms with Crippen molar-refractivity contribution in [2.45, 2.75) is 0 Å². The first-order valence-electron chi connectivity index (χ1n) is 4.77. The van der Waals surface area contributed by atoms with Crippen LogP contribution >= 0.6 is 0 Å². The third-order valence-electron chi connectivity index (χ3n) is 2.31. The lowest BCUT2D eigenvalue weighted by atomic mass is 10.0. The molecule has 0 heterocycles. The van der Waals surface area contributed by atoms with E-state index in [1.807, 2.05) is 36.4 Å². The Bertz CT molecular complexity index is 451. The number of hydrogen-bond acceptors (Lipinski definition) is 1. The molecule has 2 rings (SSSR count). The summed E-state index contributed by atoms with van der Waals surface area (Å²) in [6.07, 6.45) is 0. The number of rotatable bonds is 2. The highest BCUT2D eigenvalue weighted by molar-refractivity contribution is 6.36. The summed E-state index contributed by atoms with van der Waals surface area (Å²) in [6, 6.07) is 16.1. The van der Waals surface area contributed by atoms with Gasteiger partial charge in [-0.05, 0) is 11.6 Å². The van der Waals surface area contributed by atoms with Gasteiger partial charge in [-0.15, -0.1) is 0 Å². The van der Waals surface area contributed by atoms with Gasteiger partial charge in [0.2, 0.25) is 0 Å². The molecule has 0 unspecified atom stereocenters. The van der Waals surface area contributed by atoms with Crippen molar-refractivity contribution in [3.05, 3.63) is 48.5 Å². The lowest BCUT2D eigenvalue weighted by Crippen LogP contribution is -2.07. The summed E-state index contributed by atoms with van der Waals surface area (Å²) in [5.41, 5.74) is 2.25. The number of ether oxygens (including phenoxy) is 1. The second-order valence-electron chi connectivity index (χ2n) is 3.25. The third-order valence-corrected chi connectivity index (χ3v) is 2.73. The van der Waals surface area contributed by atoms with Crippen LogP contribution in [0, 0.1) is 0 Å². The second-order valence-corrected chi connectivity index (χ2v) is 3.79. The van der Waals surface area contributed by atoms with Gasteiger partial charge in [0, 0.05) is 5.56 Å². The first kappa shape index (κ1) is 9.99. The van der Waals surface area contributed by atoms with Crippen LogP contribution in [0.25, 0.3) is 11.1 Å². The van der Waals surface area contributed by atoms with Crippen LogP contribution in [0.2, 0.25) is 0 Å². The molecule has 0 saturated carbocycles. The van der Waals surface area contributed by atoms with E-state index in [9.17, 15) is 0 Å². The molecule has 1 nitrogen and oxygen atoms in total. The van der Waals surface area contributed by atoms with Crippen molar-refractivity contribution in [2.75, 3.05) is 7.11 Å². The lowest BCUT2D eigenvalue weighted by molar-refractivity contribution is 0.417. The Morgan fingerprint density at radius 2 is 1.67 bits per heavy atom. The molecule has 0 atom stereocenters. The Morgan fingerprint density at radius 1 is 0.933 bits per heavy atom. The molecule has 2 aromatic rings. The zero-order valence-electron chi connectivity index (χ0n) is 8.53. The highest BCUT2D eigenvalue weighted by atomic mass is 28.1. The standard InChI is InChI=1S/C13H11OSi/c1-14-11-8-5-9-12(15)13(11)10-6-3-2-4-7-10/h2-9H,1H3. The van der Waals surface area contributed by atoms with E-state index in [0.29, 0.717) is 0 Å². The van der Waals surface area contributed by atoms with E-state index >= 15 is 0 Å². The largest absolute Gasteiger partial charge is 0.496 e. The lowest BCUT2D eigenvalue weighted by Gasteiger charge is -2.11. The normalized spacial score (nSPS) is 10.0. The van der Waals surface area contributed by atoms with Gasteiger partial charge in [0.25, 0.3) is 0 Å². The summed E-state index contributed by atoms with van der Waals surface area (Å²) in [5.74, 6) is 0.883. The van der Waals surface area contributed by atoms with Crippen LogP contribution in [0.15, 0.2) is 48.5 Å². The van der Waals surface area contributed by atoms with Gasteiger partial charge >= 0.3 is 0 Å². The van der Waals surface area contributed by atoms with Crippen molar-refractivity contribution in [3.63, 3.8) is 0 Å². The topological polar surface area (TPSA) is 9.23 Å². The Labute approximate surface area is 93.1 Å². The van der Waals surface area contributed by atoms with Gasteiger partial charge in [-0.2, -0.15) is 0 Å². The van der Waals surface area contributed by atoms with Crippen LogP contribution in [0.3, 0.4) is 0 Å². The van der Waals surface area contributed by atoms with Crippen LogP contribution in [-0.4, -0.2) is 17.4 Å². The average molecular weight is 211 g/mol. The predicted molar refractivity (Wildman–Crippen MR) is 63.8 cm³/mol. The van der Waals surface area contributed by atoms with Gasteiger partial charge in [0.1, 0.15) is 5.75 Å². The van der Waals surface area contributed by atoms with E-state index in [2.05, 4.69) is 22.4 Å². The molecule has 0 amide bonds. The minimum atomic E-state index is 0.883. The molecule has 15 heavy (non-hydrogen) atoms.